The first-order chi connectivity index (χ1) is 8.62. The van der Waals surface area contributed by atoms with Crippen molar-refractivity contribution in [2.75, 3.05) is 19.6 Å². The fourth-order valence-electron chi connectivity index (χ4n) is 2.39. The summed E-state index contributed by atoms with van der Waals surface area (Å²) in [5.41, 5.74) is 0.951. The first kappa shape index (κ1) is 13.1. The smallest absolute Gasteiger partial charge is 0.0994 e. The lowest BCUT2D eigenvalue weighted by Crippen LogP contribution is -2.43. The third-order valence-corrected chi connectivity index (χ3v) is 3.50. The standard InChI is InChI=1S/C14H20N2O2/c1-14(17,12-5-3-2-4-6-12)11-16-9-7-13(15-18)8-10-16/h2-6,17-18H,7-11H2,1H3. The molecule has 0 amide bonds. The minimum atomic E-state index is -0.838. The number of oxime groups is 1. The zero-order valence-corrected chi connectivity index (χ0v) is 10.7. The minimum absolute atomic E-state index is 0.607. The molecule has 2 N–H and O–H groups in total. The number of hydrogen-bond acceptors (Lipinski definition) is 4. The van der Waals surface area contributed by atoms with E-state index in [1.165, 1.54) is 0 Å². The number of benzene rings is 1. The van der Waals surface area contributed by atoms with Gasteiger partial charge in [-0.15, -0.1) is 0 Å². The third kappa shape index (κ3) is 3.09. The Balaban J connectivity index is 1.97. The highest BCUT2D eigenvalue weighted by Gasteiger charge is 2.27. The number of piperidine rings is 1. The largest absolute Gasteiger partial charge is 0.411 e. The van der Waals surface area contributed by atoms with Crippen molar-refractivity contribution >= 4 is 5.71 Å². The average molecular weight is 248 g/mol. The third-order valence-electron chi connectivity index (χ3n) is 3.50. The highest BCUT2D eigenvalue weighted by Crippen LogP contribution is 2.22. The summed E-state index contributed by atoms with van der Waals surface area (Å²) >= 11 is 0. The van der Waals surface area contributed by atoms with Crippen LogP contribution in [0.3, 0.4) is 0 Å². The predicted molar refractivity (Wildman–Crippen MR) is 70.9 cm³/mol. The summed E-state index contributed by atoms with van der Waals surface area (Å²) in [5, 5.41) is 22.5. The predicted octanol–water partition coefficient (Wildman–Crippen LogP) is 1.82. The maximum absolute atomic E-state index is 10.5. The van der Waals surface area contributed by atoms with E-state index in [4.69, 9.17) is 5.21 Å². The lowest BCUT2D eigenvalue weighted by atomic mass is 9.94. The van der Waals surface area contributed by atoms with E-state index in [0.717, 1.165) is 37.2 Å². The summed E-state index contributed by atoms with van der Waals surface area (Å²) in [6.07, 6.45) is 1.56. The molecule has 1 atom stereocenters. The van der Waals surface area contributed by atoms with E-state index in [-0.39, 0.29) is 0 Å². The fourth-order valence-corrected chi connectivity index (χ4v) is 2.39. The van der Waals surface area contributed by atoms with E-state index in [1.54, 1.807) is 0 Å². The van der Waals surface area contributed by atoms with Crippen LogP contribution in [-0.4, -0.2) is 40.6 Å². The molecule has 0 aliphatic carbocycles. The van der Waals surface area contributed by atoms with Gasteiger partial charge in [0.25, 0.3) is 0 Å². The Bertz CT molecular complexity index is 405. The topological polar surface area (TPSA) is 56.1 Å². The van der Waals surface area contributed by atoms with E-state index in [9.17, 15) is 5.11 Å². The van der Waals surface area contributed by atoms with Crippen LogP contribution in [0.2, 0.25) is 0 Å². The van der Waals surface area contributed by atoms with Crippen molar-refractivity contribution in [2.24, 2.45) is 5.16 Å². The number of nitrogens with zero attached hydrogens (tertiary/aromatic N) is 2. The van der Waals surface area contributed by atoms with Crippen LogP contribution in [0.4, 0.5) is 0 Å². The molecule has 1 aliphatic rings. The Morgan fingerprint density at radius 3 is 2.39 bits per heavy atom. The van der Waals surface area contributed by atoms with Crippen molar-refractivity contribution < 1.29 is 10.3 Å². The highest BCUT2D eigenvalue weighted by atomic mass is 16.4. The molecule has 2 rings (SSSR count). The average Bonchev–Trinajstić information content (AvgIpc) is 2.40. The van der Waals surface area contributed by atoms with Gasteiger partial charge in [-0.05, 0) is 12.5 Å². The van der Waals surface area contributed by atoms with E-state index < -0.39 is 5.60 Å². The monoisotopic (exact) mass is 248 g/mol. The van der Waals surface area contributed by atoms with Gasteiger partial charge in [0.05, 0.1) is 11.3 Å². The van der Waals surface area contributed by atoms with E-state index in [2.05, 4.69) is 10.1 Å². The van der Waals surface area contributed by atoms with Crippen LogP contribution >= 0.6 is 0 Å². The molecule has 0 radical (unpaired) electrons. The van der Waals surface area contributed by atoms with Crippen molar-refractivity contribution in [3.8, 4) is 0 Å². The van der Waals surface area contributed by atoms with Crippen LogP contribution in [-0.2, 0) is 5.60 Å². The first-order valence-electron chi connectivity index (χ1n) is 6.32. The second-order valence-electron chi connectivity index (χ2n) is 5.08. The Hall–Kier alpha value is -1.39. The van der Waals surface area contributed by atoms with Crippen LogP contribution in [0.15, 0.2) is 35.5 Å². The lowest BCUT2D eigenvalue weighted by molar-refractivity contribution is 0.0154. The van der Waals surface area contributed by atoms with Crippen molar-refractivity contribution in [1.82, 2.24) is 4.90 Å². The second kappa shape index (κ2) is 5.50. The van der Waals surface area contributed by atoms with E-state index in [1.807, 2.05) is 37.3 Å². The van der Waals surface area contributed by atoms with Crippen molar-refractivity contribution in [3.63, 3.8) is 0 Å². The van der Waals surface area contributed by atoms with Crippen molar-refractivity contribution in [3.05, 3.63) is 35.9 Å². The molecule has 1 aromatic rings. The number of rotatable bonds is 3. The molecule has 18 heavy (non-hydrogen) atoms. The molecular formula is C14H20N2O2. The Morgan fingerprint density at radius 1 is 1.22 bits per heavy atom. The minimum Gasteiger partial charge on any atom is -0.411 e. The Morgan fingerprint density at radius 2 is 1.83 bits per heavy atom. The molecule has 4 nitrogen and oxygen atoms in total. The highest BCUT2D eigenvalue weighted by molar-refractivity contribution is 5.84. The molecule has 0 spiro atoms. The van der Waals surface area contributed by atoms with Crippen LogP contribution in [0.25, 0.3) is 0 Å². The fraction of sp³-hybridized carbons (Fsp3) is 0.500. The molecule has 1 fully saturated rings. The molecule has 1 saturated heterocycles. The quantitative estimate of drug-likeness (QED) is 0.633. The first-order valence-corrected chi connectivity index (χ1v) is 6.32. The van der Waals surface area contributed by atoms with Gasteiger partial charge in [-0.1, -0.05) is 35.5 Å². The number of aliphatic hydroxyl groups is 1. The number of β-amino-alcohol motifs (C(OH)–C–C–N with tert-alkyl or cyclic N) is 1. The van der Waals surface area contributed by atoms with E-state index in [0.29, 0.717) is 6.54 Å². The molecule has 0 saturated carbocycles. The zero-order chi connectivity index (χ0) is 13.0. The van der Waals surface area contributed by atoms with E-state index >= 15 is 0 Å². The zero-order valence-electron chi connectivity index (χ0n) is 10.7. The summed E-state index contributed by atoms with van der Waals surface area (Å²) in [6.45, 7) is 4.12. The summed E-state index contributed by atoms with van der Waals surface area (Å²) in [4.78, 5) is 2.21. The molecular weight excluding hydrogens is 228 g/mol. The summed E-state index contributed by atoms with van der Waals surface area (Å²) in [6, 6.07) is 9.73. The molecule has 0 bridgehead atoms. The van der Waals surface area contributed by atoms with Gasteiger partial charge in [0.2, 0.25) is 0 Å². The Labute approximate surface area is 108 Å². The van der Waals surface area contributed by atoms with Gasteiger partial charge in [0.15, 0.2) is 0 Å². The maximum Gasteiger partial charge on any atom is 0.0994 e. The molecule has 1 heterocycles. The molecule has 1 unspecified atom stereocenters. The SMILES string of the molecule is CC(O)(CN1CCC(=NO)CC1)c1ccccc1. The summed E-state index contributed by atoms with van der Waals surface area (Å²) in [5.74, 6) is 0. The summed E-state index contributed by atoms with van der Waals surface area (Å²) < 4.78 is 0. The van der Waals surface area contributed by atoms with Gasteiger partial charge in [0, 0.05) is 32.5 Å². The van der Waals surface area contributed by atoms with Crippen LogP contribution in [0.1, 0.15) is 25.3 Å². The van der Waals surface area contributed by atoms with Crippen molar-refractivity contribution in [1.29, 1.82) is 0 Å². The van der Waals surface area contributed by atoms with Gasteiger partial charge < -0.3 is 10.3 Å². The molecule has 98 valence electrons. The maximum atomic E-state index is 10.5. The normalized spacial score (nSPS) is 20.4. The van der Waals surface area contributed by atoms with Crippen LogP contribution < -0.4 is 0 Å². The van der Waals surface area contributed by atoms with Gasteiger partial charge in [-0.2, -0.15) is 0 Å². The number of likely N-dealkylation sites (tertiary alicyclic amines) is 1. The molecule has 1 aliphatic heterocycles. The van der Waals surface area contributed by atoms with Gasteiger partial charge in [0.1, 0.15) is 0 Å². The van der Waals surface area contributed by atoms with Gasteiger partial charge in [-0.3, -0.25) is 4.90 Å². The molecule has 0 aromatic heterocycles. The van der Waals surface area contributed by atoms with Gasteiger partial charge >= 0.3 is 0 Å². The number of hydrogen-bond donors (Lipinski definition) is 2. The molecule has 4 heteroatoms. The van der Waals surface area contributed by atoms with Crippen LogP contribution in [0, 0.1) is 0 Å². The van der Waals surface area contributed by atoms with Gasteiger partial charge in [-0.25, -0.2) is 0 Å². The molecule has 1 aromatic carbocycles. The summed E-state index contributed by atoms with van der Waals surface area (Å²) in [7, 11) is 0. The second-order valence-corrected chi connectivity index (χ2v) is 5.08. The van der Waals surface area contributed by atoms with Crippen LogP contribution in [0.5, 0.6) is 0 Å². The van der Waals surface area contributed by atoms with Crippen molar-refractivity contribution in [2.45, 2.75) is 25.4 Å². The lowest BCUT2D eigenvalue weighted by Gasteiger charge is -2.34. The Kier molecular flexibility index (Phi) is 3.99.